The number of benzene rings is 1. The Labute approximate surface area is 118 Å². The van der Waals surface area contributed by atoms with Crippen LogP contribution in [-0.2, 0) is 4.79 Å². The number of allylic oxidation sites excluding steroid dienone is 4. The molecule has 0 spiro atoms. The number of hydrogen-bond acceptors (Lipinski definition) is 4. The van der Waals surface area contributed by atoms with Gasteiger partial charge < -0.3 is 14.6 Å². The smallest absolute Gasteiger partial charge is 0.181 e. The van der Waals surface area contributed by atoms with Gasteiger partial charge in [0.05, 0.1) is 14.2 Å². The number of aliphatic hydroxyl groups excluding tert-OH is 1. The van der Waals surface area contributed by atoms with Crippen molar-refractivity contribution in [1.82, 2.24) is 0 Å². The lowest BCUT2D eigenvalue weighted by molar-refractivity contribution is -0.110. The van der Waals surface area contributed by atoms with E-state index >= 15 is 0 Å². The molecule has 0 aliphatic heterocycles. The van der Waals surface area contributed by atoms with Crippen molar-refractivity contribution < 1.29 is 19.4 Å². The average Bonchev–Trinajstić information content (AvgIpc) is 2.44. The monoisotopic (exact) mass is 274 g/mol. The van der Waals surface area contributed by atoms with E-state index in [2.05, 4.69) is 0 Å². The van der Waals surface area contributed by atoms with Gasteiger partial charge in [0, 0.05) is 6.08 Å². The highest BCUT2D eigenvalue weighted by Crippen LogP contribution is 2.28. The molecule has 1 N–H and O–H groups in total. The quantitative estimate of drug-likeness (QED) is 0.491. The van der Waals surface area contributed by atoms with Gasteiger partial charge in [-0.15, -0.1) is 0 Å². The van der Waals surface area contributed by atoms with Crippen LogP contribution >= 0.6 is 0 Å². The van der Waals surface area contributed by atoms with Crippen molar-refractivity contribution in [2.24, 2.45) is 0 Å². The molecule has 1 rings (SSSR count). The minimum Gasteiger partial charge on any atom is -0.508 e. The Balaban J connectivity index is 2.87. The molecule has 1 aromatic carbocycles. The Kier molecular flexibility index (Phi) is 6.10. The lowest BCUT2D eigenvalue weighted by Gasteiger charge is -2.07. The van der Waals surface area contributed by atoms with Gasteiger partial charge in [-0.25, -0.2) is 0 Å². The van der Waals surface area contributed by atoms with Gasteiger partial charge in [-0.05, 0) is 36.8 Å². The first-order valence-electron chi connectivity index (χ1n) is 6.08. The summed E-state index contributed by atoms with van der Waals surface area (Å²) < 4.78 is 10.3. The van der Waals surface area contributed by atoms with Gasteiger partial charge in [-0.1, -0.05) is 18.2 Å². The second-order valence-corrected chi connectivity index (χ2v) is 3.92. The Bertz CT molecular complexity index is 554. The van der Waals surface area contributed by atoms with Gasteiger partial charge in [-0.3, -0.25) is 4.79 Å². The number of hydrogen-bond donors (Lipinski definition) is 1. The number of ether oxygens (including phenoxy) is 2. The summed E-state index contributed by atoms with van der Waals surface area (Å²) in [6.45, 7) is 1.74. The molecule has 0 atom stereocenters. The third-order valence-electron chi connectivity index (χ3n) is 2.48. The molecule has 0 bridgehead atoms. The summed E-state index contributed by atoms with van der Waals surface area (Å²) in [4.78, 5) is 11.3. The van der Waals surface area contributed by atoms with Crippen molar-refractivity contribution in [3.8, 4) is 11.5 Å². The molecule has 0 aliphatic rings. The molecule has 0 radical (unpaired) electrons. The average molecular weight is 274 g/mol. The van der Waals surface area contributed by atoms with Crippen LogP contribution in [0.1, 0.15) is 12.5 Å². The van der Waals surface area contributed by atoms with Crippen LogP contribution < -0.4 is 9.47 Å². The van der Waals surface area contributed by atoms with Crippen molar-refractivity contribution in [1.29, 1.82) is 0 Å². The minimum atomic E-state index is -0.262. The number of aliphatic hydroxyl groups is 1. The predicted octanol–water partition coefficient (Wildman–Crippen LogP) is 3.30. The van der Waals surface area contributed by atoms with Crippen molar-refractivity contribution in [3.63, 3.8) is 0 Å². The Morgan fingerprint density at radius 3 is 2.45 bits per heavy atom. The van der Waals surface area contributed by atoms with E-state index < -0.39 is 0 Å². The van der Waals surface area contributed by atoms with Crippen LogP contribution in [-0.4, -0.2) is 25.1 Å². The zero-order chi connectivity index (χ0) is 15.0. The van der Waals surface area contributed by atoms with E-state index in [-0.39, 0.29) is 11.5 Å². The number of methoxy groups -OCH3 is 2. The number of ketones is 1. The summed E-state index contributed by atoms with van der Waals surface area (Å²) in [7, 11) is 3.12. The van der Waals surface area contributed by atoms with E-state index in [4.69, 9.17) is 9.47 Å². The first-order chi connectivity index (χ1) is 9.60. The third kappa shape index (κ3) is 4.65. The lowest BCUT2D eigenvalue weighted by atomic mass is 10.1. The standard InChI is InChI=1S/C16H18O4/c1-4-5-13(17)11-14(18)8-6-12-7-9-15(19-2)16(10-12)20-3/h4-11,18H,1-3H3/b5-4+,8-6+,14-11?. The van der Waals surface area contributed by atoms with Crippen LogP contribution in [0.15, 0.2) is 48.3 Å². The molecule has 0 heterocycles. The highest BCUT2D eigenvalue weighted by molar-refractivity contribution is 5.99. The summed E-state index contributed by atoms with van der Waals surface area (Å²) in [5.41, 5.74) is 0.820. The van der Waals surface area contributed by atoms with E-state index in [1.54, 1.807) is 45.4 Å². The zero-order valence-corrected chi connectivity index (χ0v) is 11.8. The van der Waals surface area contributed by atoms with Crippen LogP contribution in [0.3, 0.4) is 0 Å². The van der Waals surface area contributed by atoms with Crippen LogP contribution in [0.4, 0.5) is 0 Å². The van der Waals surface area contributed by atoms with Crippen LogP contribution in [0, 0.1) is 0 Å². The van der Waals surface area contributed by atoms with E-state index in [0.717, 1.165) is 11.6 Å². The van der Waals surface area contributed by atoms with E-state index in [1.807, 2.05) is 6.07 Å². The van der Waals surface area contributed by atoms with Crippen molar-refractivity contribution in [2.45, 2.75) is 6.92 Å². The van der Waals surface area contributed by atoms with Crippen LogP contribution in [0.2, 0.25) is 0 Å². The molecular weight excluding hydrogens is 256 g/mol. The molecule has 0 amide bonds. The second-order valence-electron chi connectivity index (χ2n) is 3.92. The summed E-state index contributed by atoms with van der Waals surface area (Å²) in [6.07, 6.45) is 7.27. The number of carbonyl (C=O) groups excluding carboxylic acids is 1. The highest BCUT2D eigenvalue weighted by atomic mass is 16.5. The second kappa shape index (κ2) is 7.84. The topological polar surface area (TPSA) is 55.8 Å². The molecule has 0 unspecified atom stereocenters. The summed E-state index contributed by atoms with van der Waals surface area (Å²) in [6, 6.07) is 5.36. The molecule has 4 heteroatoms. The Morgan fingerprint density at radius 2 is 1.85 bits per heavy atom. The molecule has 0 aromatic heterocycles. The lowest BCUT2D eigenvalue weighted by Crippen LogP contribution is -1.90. The van der Waals surface area contributed by atoms with Gasteiger partial charge in [-0.2, -0.15) is 0 Å². The molecule has 0 saturated heterocycles. The van der Waals surface area contributed by atoms with E-state index in [0.29, 0.717) is 11.5 Å². The molecule has 20 heavy (non-hydrogen) atoms. The van der Waals surface area contributed by atoms with E-state index in [1.165, 1.54) is 12.2 Å². The van der Waals surface area contributed by atoms with E-state index in [9.17, 15) is 9.90 Å². The van der Waals surface area contributed by atoms with Gasteiger partial charge in [0.15, 0.2) is 17.3 Å². The Morgan fingerprint density at radius 1 is 1.15 bits per heavy atom. The van der Waals surface area contributed by atoms with Crippen molar-refractivity contribution in [3.05, 3.63) is 53.8 Å². The molecular formula is C16H18O4. The van der Waals surface area contributed by atoms with Crippen molar-refractivity contribution >= 4 is 11.9 Å². The maximum absolute atomic E-state index is 11.3. The van der Waals surface area contributed by atoms with Gasteiger partial charge in [0.1, 0.15) is 5.76 Å². The van der Waals surface area contributed by atoms with Gasteiger partial charge in [0.25, 0.3) is 0 Å². The SMILES string of the molecule is C/C=C/C(=O)C=C(O)/C=C/c1ccc(OC)c(OC)c1. The first kappa shape index (κ1) is 15.6. The summed E-state index contributed by atoms with van der Waals surface area (Å²) in [5, 5.41) is 9.60. The highest BCUT2D eigenvalue weighted by Gasteiger charge is 2.02. The predicted molar refractivity (Wildman–Crippen MR) is 79.1 cm³/mol. The van der Waals surface area contributed by atoms with Gasteiger partial charge >= 0.3 is 0 Å². The van der Waals surface area contributed by atoms with Crippen molar-refractivity contribution in [2.75, 3.05) is 14.2 Å². The summed E-state index contributed by atoms with van der Waals surface area (Å²) >= 11 is 0. The molecule has 0 fully saturated rings. The number of rotatable bonds is 6. The third-order valence-corrected chi connectivity index (χ3v) is 2.48. The molecule has 0 aliphatic carbocycles. The van der Waals surface area contributed by atoms with Crippen LogP contribution in [0.5, 0.6) is 11.5 Å². The molecule has 106 valence electrons. The number of carbonyl (C=O) groups is 1. The van der Waals surface area contributed by atoms with Gasteiger partial charge in [0.2, 0.25) is 0 Å². The largest absolute Gasteiger partial charge is 0.508 e. The fraction of sp³-hybridized carbons (Fsp3) is 0.188. The Hall–Kier alpha value is -2.49. The fourth-order valence-corrected chi connectivity index (χ4v) is 1.54. The summed E-state index contributed by atoms with van der Waals surface area (Å²) in [5.74, 6) is 0.862. The first-order valence-corrected chi connectivity index (χ1v) is 6.08. The normalized spacial score (nSPS) is 12.1. The fourth-order valence-electron chi connectivity index (χ4n) is 1.54. The maximum atomic E-state index is 11.3. The maximum Gasteiger partial charge on any atom is 0.181 e. The molecule has 1 aromatic rings. The minimum absolute atomic E-state index is 0.108. The van der Waals surface area contributed by atoms with Crippen LogP contribution in [0.25, 0.3) is 6.08 Å². The molecule has 0 saturated carbocycles. The molecule has 4 nitrogen and oxygen atoms in total. The zero-order valence-electron chi connectivity index (χ0n) is 11.8.